The second kappa shape index (κ2) is 9.94. The van der Waals surface area contributed by atoms with Crippen molar-refractivity contribution < 1.29 is 38.5 Å². The molecule has 1 unspecified atom stereocenters. The molecule has 2 aliphatic rings. The molecule has 0 radical (unpaired) electrons. The molecule has 2 heterocycles. The van der Waals surface area contributed by atoms with Crippen LogP contribution in [0.3, 0.4) is 0 Å². The zero-order chi connectivity index (χ0) is 24.2. The Bertz CT molecular complexity index is 1230. The van der Waals surface area contributed by atoms with Gasteiger partial charge < -0.3 is 28.9 Å². The SMILES string of the molecule is O=C(O)COc1cc2c(cc1C1c3ccccc3CCN1OC(=O)OCc1ccccc1)OCO2. The Labute approximate surface area is 201 Å². The molecule has 0 saturated carbocycles. The molecule has 0 spiro atoms. The number of carboxylic acid groups (broad SMARTS) is 1. The van der Waals surface area contributed by atoms with Crippen molar-refractivity contribution in [3.05, 3.63) is 89.0 Å². The second-order valence-electron chi connectivity index (χ2n) is 8.03. The van der Waals surface area contributed by atoms with Gasteiger partial charge in [0, 0.05) is 18.2 Å². The molecule has 0 aliphatic carbocycles. The molecule has 0 saturated heterocycles. The fraction of sp³-hybridized carbons (Fsp3) is 0.231. The largest absolute Gasteiger partial charge is 0.528 e. The van der Waals surface area contributed by atoms with E-state index in [-0.39, 0.29) is 13.4 Å². The van der Waals surface area contributed by atoms with Gasteiger partial charge in [-0.3, -0.25) is 0 Å². The maximum absolute atomic E-state index is 12.6. The van der Waals surface area contributed by atoms with E-state index >= 15 is 0 Å². The molecule has 9 heteroatoms. The Kier molecular flexibility index (Phi) is 6.40. The van der Waals surface area contributed by atoms with Crippen molar-refractivity contribution in [2.24, 2.45) is 0 Å². The maximum atomic E-state index is 12.6. The van der Waals surface area contributed by atoms with E-state index in [1.165, 1.54) is 5.06 Å². The molecule has 180 valence electrons. The lowest BCUT2D eigenvalue weighted by Crippen LogP contribution is -2.38. The Morgan fingerprint density at radius 1 is 0.971 bits per heavy atom. The molecule has 0 amide bonds. The van der Waals surface area contributed by atoms with Crippen molar-refractivity contribution in [2.75, 3.05) is 19.9 Å². The van der Waals surface area contributed by atoms with Gasteiger partial charge in [0.05, 0.1) is 0 Å². The summed E-state index contributed by atoms with van der Waals surface area (Å²) in [5.74, 6) is 0.130. The second-order valence-corrected chi connectivity index (χ2v) is 8.03. The number of hydrogen-bond donors (Lipinski definition) is 1. The normalized spacial score (nSPS) is 16.3. The average molecular weight is 477 g/mol. The van der Waals surface area contributed by atoms with E-state index in [2.05, 4.69) is 0 Å². The summed E-state index contributed by atoms with van der Waals surface area (Å²) < 4.78 is 22.0. The first-order chi connectivity index (χ1) is 17.1. The van der Waals surface area contributed by atoms with E-state index in [9.17, 15) is 14.7 Å². The molecular formula is C26H23NO8. The molecule has 0 fully saturated rings. The molecule has 3 aromatic carbocycles. The van der Waals surface area contributed by atoms with E-state index in [4.69, 9.17) is 23.8 Å². The van der Waals surface area contributed by atoms with E-state index < -0.39 is 24.8 Å². The molecule has 35 heavy (non-hydrogen) atoms. The minimum absolute atomic E-state index is 0.0461. The number of carbonyl (C=O) groups excluding carboxylic acids is 1. The third-order valence-electron chi connectivity index (χ3n) is 5.78. The van der Waals surface area contributed by atoms with Gasteiger partial charge in [-0.1, -0.05) is 54.6 Å². The quantitative estimate of drug-likeness (QED) is 0.504. The summed E-state index contributed by atoms with van der Waals surface area (Å²) in [6, 6.07) is 19.9. The van der Waals surface area contributed by atoms with Crippen LogP contribution in [0.5, 0.6) is 17.2 Å². The first-order valence-electron chi connectivity index (χ1n) is 11.1. The monoisotopic (exact) mass is 477 g/mol. The number of aliphatic carboxylic acids is 1. The summed E-state index contributed by atoms with van der Waals surface area (Å²) in [5, 5.41) is 10.7. The van der Waals surface area contributed by atoms with Gasteiger partial charge in [0.1, 0.15) is 18.4 Å². The highest BCUT2D eigenvalue weighted by molar-refractivity contribution is 5.69. The van der Waals surface area contributed by atoms with Gasteiger partial charge in [-0.05, 0) is 29.2 Å². The Balaban J connectivity index is 1.46. The molecule has 5 rings (SSSR count). The fourth-order valence-electron chi connectivity index (χ4n) is 4.22. The van der Waals surface area contributed by atoms with E-state index in [0.29, 0.717) is 35.8 Å². The number of nitrogens with zero attached hydrogens (tertiary/aromatic N) is 1. The van der Waals surface area contributed by atoms with Crippen LogP contribution in [0.1, 0.15) is 28.3 Å². The van der Waals surface area contributed by atoms with Crippen LogP contribution in [0.25, 0.3) is 0 Å². The highest BCUT2D eigenvalue weighted by atomic mass is 16.8. The standard InChI is InChI=1S/C26H23NO8/c28-24(29)15-31-21-13-23-22(33-16-34-23)12-20(21)25-19-9-5-4-8-18(19)10-11-27(25)35-26(30)32-14-17-6-2-1-3-7-17/h1-9,12-13,25H,10-11,14-16H2,(H,28,29). The zero-order valence-electron chi connectivity index (χ0n) is 18.7. The van der Waals surface area contributed by atoms with Crippen LogP contribution in [-0.4, -0.2) is 42.2 Å². The van der Waals surface area contributed by atoms with Crippen LogP contribution in [0.15, 0.2) is 66.7 Å². The van der Waals surface area contributed by atoms with Crippen LogP contribution >= 0.6 is 0 Å². The van der Waals surface area contributed by atoms with Gasteiger partial charge in [-0.25, -0.2) is 9.59 Å². The third kappa shape index (κ3) is 4.99. The first-order valence-corrected chi connectivity index (χ1v) is 11.1. The van der Waals surface area contributed by atoms with Crippen molar-refractivity contribution >= 4 is 12.1 Å². The summed E-state index contributed by atoms with van der Waals surface area (Å²) in [4.78, 5) is 29.5. The van der Waals surface area contributed by atoms with Crippen molar-refractivity contribution in [3.63, 3.8) is 0 Å². The van der Waals surface area contributed by atoms with Gasteiger partial charge in [-0.15, -0.1) is 5.06 Å². The number of hydrogen-bond acceptors (Lipinski definition) is 8. The molecule has 9 nitrogen and oxygen atoms in total. The molecule has 0 bridgehead atoms. The number of ether oxygens (including phenoxy) is 4. The number of rotatable bonds is 7. The molecular weight excluding hydrogens is 454 g/mol. The molecule has 2 aliphatic heterocycles. The van der Waals surface area contributed by atoms with Gasteiger partial charge in [0.15, 0.2) is 18.1 Å². The molecule has 0 aromatic heterocycles. The zero-order valence-corrected chi connectivity index (χ0v) is 18.7. The van der Waals surface area contributed by atoms with Crippen molar-refractivity contribution in [2.45, 2.75) is 19.1 Å². The van der Waals surface area contributed by atoms with E-state index in [1.807, 2.05) is 54.6 Å². The smallest absolute Gasteiger partial charge is 0.481 e. The molecule has 1 atom stereocenters. The summed E-state index contributed by atoms with van der Waals surface area (Å²) in [5.41, 5.74) is 3.40. The van der Waals surface area contributed by atoms with Crippen LogP contribution in [0, 0.1) is 0 Å². The van der Waals surface area contributed by atoms with Crippen LogP contribution < -0.4 is 14.2 Å². The van der Waals surface area contributed by atoms with Crippen molar-refractivity contribution in [3.8, 4) is 17.2 Å². The van der Waals surface area contributed by atoms with E-state index in [0.717, 1.165) is 16.7 Å². The van der Waals surface area contributed by atoms with Crippen LogP contribution in [0.2, 0.25) is 0 Å². The fourth-order valence-corrected chi connectivity index (χ4v) is 4.22. The summed E-state index contributed by atoms with van der Waals surface area (Å²) in [6.07, 6.45) is -0.193. The molecule has 1 N–H and O–H groups in total. The van der Waals surface area contributed by atoms with Gasteiger partial charge in [0.2, 0.25) is 6.79 Å². The van der Waals surface area contributed by atoms with Gasteiger partial charge >= 0.3 is 12.1 Å². The Hall–Kier alpha value is -4.24. The van der Waals surface area contributed by atoms with Gasteiger partial charge in [0.25, 0.3) is 0 Å². The maximum Gasteiger partial charge on any atom is 0.528 e. The minimum atomic E-state index is -1.12. The number of fused-ring (bicyclic) bond motifs is 2. The topological polar surface area (TPSA) is 104 Å². The number of hydroxylamine groups is 2. The van der Waals surface area contributed by atoms with Crippen molar-refractivity contribution in [1.29, 1.82) is 0 Å². The van der Waals surface area contributed by atoms with Crippen LogP contribution in [-0.2, 0) is 27.4 Å². The first kappa shape index (κ1) is 22.5. The number of carboxylic acids is 1. The lowest BCUT2D eigenvalue weighted by molar-refractivity contribution is -0.152. The number of benzene rings is 3. The predicted molar refractivity (Wildman–Crippen MR) is 122 cm³/mol. The third-order valence-corrected chi connectivity index (χ3v) is 5.78. The van der Waals surface area contributed by atoms with E-state index in [1.54, 1.807) is 12.1 Å². The average Bonchev–Trinajstić information content (AvgIpc) is 3.33. The number of carbonyl (C=O) groups is 2. The predicted octanol–water partition coefficient (Wildman–Crippen LogP) is 4.09. The summed E-state index contributed by atoms with van der Waals surface area (Å²) in [6.45, 7) is -0.0217. The molecule has 3 aromatic rings. The lowest BCUT2D eigenvalue weighted by Gasteiger charge is -2.36. The van der Waals surface area contributed by atoms with Gasteiger partial charge in [-0.2, -0.15) is 0 Å². The summed E-state index contributed by atoms with van der Waals surface area (Å²) in [7, 11) is 0. The highest BCUT2D eigenvalue weighted by Crippen LogP contribution is 2.45. The lowest BCUT2D eigenvalue weighted by atomic mass is 9.89. The van der Waals surface area contributed by atoms with Crippen LogP contribution in [0.4, 0.5) is 4.79 Å². The Morgan fingerprint density at radius 3 is 2.51 bits per heavy atom. The highest BCUT2D eigenvalue weighted by Gasteiger charge is 2.35. The van der Waals surface area contributed by atoms with Crippen molar-refractivity contribution in [1.82, 2.24) is 5.06 Å². The minimum Gasteiger partial charge on any atom is -0.481 e. The Morgan fingerprint density at radius 2 is 1.71 bits per heavy atom. The summed E-state index contributed by atoms with van der Waals surface area (Å²) >= 11 is 0.